The Bertz CT molecular complexity index is 3040. The Labute approximate surface area is 326 Å². The van der Waals surface area contributed by atoms with E-state index in [0.717, 1.165) is 33.6 Å². The molecule has 1 heterocycles. The molecule has 0 unspecified atom stereocenters. The molecule has 1 aliphatic carbocycles. The summed E-state index contributed by atoms with van der Waals surface area (Å²) in [5.41, 5.74) is 17.3. The van der Waals surface area contributed by atoms with Crippen LogP contribution >= 0.6 is 0 Å². The standard InChI is InChI=1S/C54H34N2/c1-3-15-36(16-4-1)50-34-51(56-54(55-50)37-17-5-2-6-18-37)40-21-12-22-41(33-40)52-43-23-8-7-14-35(43)28-29-44(52)39-20-11-19-38(32-39)42-30-31-49-46-25-10-9-24-45(46)48-27-13-26-47(42)53(48)49/h1-34H. The molecule has 2 heteroatoms. The molecular weight excluding hydrogens is 677 g/mol. The summed E-state index contributed by atoms with van der Waals surface area (Å²) in [6, 6.07) is 74.0. The first-order valence-corrected chi connectivity index (χ1v) is 19.2. The molecule has 11 rings (SSSR count). The lowest BCUT2D eigenvalue weighted by Gasteiger charge is -2.17. The van der Waals surface area contributed by atoms with Crippen molar-refractivity contribution >= 4 is 21.5 Å². The first-order chi connectivity index (χ1) is 27.8. The van der Waals surface area contributed by atoms with Gasteiger partial charge in [0.1, 0.15) is 0 Å². The molecule has 10 aromatic rings. The van der Waals surface area contributed by atoms with Gasteiger partial charge in [0.2, 0.25) is 0 Å². The highest BCUT2D eigenvalue weighted by Crippen LogP contribution is 2.49. The fourth-order valence-electron chi connectivity index (χ4n) is 8.64. The van der Waals surface area contributed by atoms with Gasteiger partial charge in [-0.05, 0) is 95.4 Å². The van der Waals surface area contributed by atoms with E-state index in [0.29, 0.717) is 5.82 Å². The third-order valence-corrected chi connectivity index (χ3v) is 11.2. The lowest BCUT2D eigenvalue weighted by molar-refractivity contribution is 1.18. The van der Waals surface area contributed by atoms with Crippen molar-refractivity contribution in [3.63, 3.8) is 0 Å². The van der Waals surface area contributed by atoms with E-state index in [1.54, 1.807) is 0 Å². The third kappa shape index (κ3) is 5.34. The van der Waals surface area contributed by atoms with E-state index >= 15 is 0 Å². The molecule has 56 heavy (non-hydrogen) atoms. The fourth-order valence-corrected chi connectivity index (χ4v) is 8.64. The normalized spacial score (nSPS) is 11.6. The molecule has 0 saturated carbocycles. The number of hydrogen-bond acceptors (Lipinski definition) is 2. The molecule has 0 atom stereocenters. The highest BCUT2D eigenvalue weighted by molar-refractivity contribution is 6.18. The molecule has 2 nitrogen and oxygen atoms in total. The predicted octanol–water partition coefficient (Wildman–Crippen LogP) is 14.4. The van der Waals surface area contributed by atoms with Crippen LogP contribution in [0.3, 0.4) is 0 Å². The maximum atomic E-state index is 5.17. The lowest BCUT2D eigenvalue weighted by Crippen LogP contribution is -1.96. The Morgan fingerprint density at radius 3 is 1.55 bits per heavy atom. The highest BCUT2D eigenvalue weighted by Gasteiger charge is 2.23. The number of hydrogen-bond donors (Lipinski definition) is 0. The second kappa shape index (κ2) is 13.2. The monoisotopic (exact) mass is 710 g/mol. The zero-order valence-electron chi connectivity index (χ0n) is 30.5. The molecule has 0 radical (unpaired) electrons. The van der Waals surface area contributed by atoms with E-state index in [9.17, 15) is 0 Å². The van der Waals surface area contributed by atoms with Gasteiger partial charge in [0.25, 0.3) is 0 Å². The predicted molar refractivity (Wildman–Crippen MR) is 234 cm³/mol. The molecule has 0 saturated heterocycles. The minimum absolute atomic E-state index is 0.710. The summed E-state index contributed by atoms with van der Waals surface area (Å²) in [6.45, 7) is 0. The van der Waals surface area contributed by atoms with Crippen molar-refractivity contribution in [3.8, 4) is 89.5 Å². The molecule has 0 aliphatic heterocycles. The van der Waals surface area contributed by atoms with E-state index in [1.165, 1.54) is 71.6 Å². The molecule has 0 bridgehead atoms. The zero-order chi connectivity index (χ0) is 37.0. The topological polar surface area (TPSA) is 25.8 Å². The van der Waals surface area contributed by atoms with Gasteiger partial charge in [0.15, 0.2) is 5.82 Å². The van der Waals surface area contributed by atoms with Crippen LogP contribution in [0.1, 0.15) is 0 Å². The van der Waals surface area contributed by atoms with Crippen LogP contribution in [0.2, 0.25) is 0 Å². The average molecular weight is 711 g/mol. The van der Waals surface area contributed by atoms with Gasteiger partial charge in [-0.2, -0.15) is 0 Å². The Hall–Kier alpha value is -7.42. The third-order valence-electron chi connectivity index (χ3n) is 11.2. The van der Waals surface area contributed by atoms with Crippen molar-refractivity contribution in [2.24, 2.45) is 0 Å². The summed E-state index contributed by atoms with van der Waals surface area (Å²) in [6.07, 6.45) is 0. The fraction of sp³-hybridized carbons (Fsp3) is 0. The smallest absolute Gasteiger partial charge is 0.160 e. The maximum absolute atomic E-state index is 5.17. The van der Waals surface area contributed by atoms with Gasteiger partial charge in [-0.1, -0.05) is 188 Å². The number of benzene rings is 9. The Balaban J connectivity index is 1.07. The van der Waals surface area contributed by atoms with Crippen molar-refractivity contribution < 1.29 is 0 Å². The van der Waals surface area contributed by atoms with Gasteiger partial charge in [-0.3, -0.25) is 0 Å². The van der Waals surface area contributed by atoms with Gasteiger partial charge in [0.05, 0.1) is 11.4 Å². The first-order valence-electron chi connectivity index (χ1n) is 19.2. The van der Waals surface area contributed by atoms with Crippen LogP contribution in [-0.4, -0.2) is 9.97 Å². The second-order valence-corrected chi connectivity index (χ2v) is 14.5. The van der Waals surface area contributed by atoms with Crippen LogP contribution in [0, 0.1) is 0 Å². The molecule has 9 aromatic carbocycles. The van der Waals surface area contributed by atoms with Crippen LogP contribution in [0.5, 0.6) is 0 Å². The summed E-state index contributed by atoms with van der Waals surface area (Å²) < 4.78 is 0. The first kappa shape index (κ1) is 32.0. The lowest BCUT2D eigenvalue weighted by atomic mass is 9.87. The molecule has 1 aromatic heterocycles. The van der Waals surface area contributed by atoms with Crippen molar-refractivity contribution in [1.82, 2.24) is 9.97 Å². The van der Waals surface area contributed by atoms with Gasteiger partial charge in [-0.15, -0.1) is 0 Å². The van der Waals surface area contributed by atoms with Crippen molar-refractivity contribution in [3.05, 3.63) is 206 Å². The van der Waals surface area contributed by atoms with Crippen LogP contribution in [-0.2, 0) is 0 Å². The largest absolute Gasteiger partial charge is 0.228 e. The average Bonchev–Trinajstić information content (AvgIpc) is 3.61. The molecule has 260 valence electrons. The van der Waals surface area contributed by atoms with Crippen molar-refractivity contribution in [1.29, 1.82) is 0 Å². The summed E-state index contributed by atoms with van der Waals surface area (Å²) in [7, 11) is 0. The Morgan fingerprint density at radius 2 is 0.768 bits per heavy atom. The SMILES string of the molecule is c1ccc(-c2cc(-c3cccc(-c4c(-c5cccc(-c6ccc7c8c(cccc68)-c6ccccc6-7)c5)ccc5ccccc45)c3)nc(-c3ccccc3)n2)cc1. The molecule has 0 N–H and O–H groups in total. The summed E-state index contributed by atoms with van der Waals surface area (Å²) in [5, 5.41) is 5.05. The van der Waals surface area contributed by atoms with Crippen LogP contribution < -0.4 is 0 Å². The zero-order valence-corrected chi connectivity index (χ0v) is 30.5. The van der Waals surface area contributed by atoms with E-state index in [1.807, 2.05) is 24.3 Å². The highest BCUT2D eigenvalue weighted by atomic mass is 14.9. The summed E-state index contributed by atoms with van der Waals surface area (Å²) in [4.78, 5) is 10.2. The number of nitrogens with zero attached hydrogens (tertiary/aromatic N) is 2. The quantitative estimate of drug-likeness (QED) is 0.172. The van der Waals surface area contributed by atoms with Crippen molar-refractivity contribution in [2.45, 2.75) is 0 Å². The molecule has 0 spiro atoms. The number of fused-ring (bicyclic) bond motifs is 4. The summed E-state index contributed by atoms with van der Waals surface area (Å²) >= 11 is 0. The van der Waals surface area contributed by atoms with E-state index in [4.69, 9.17) is 9.97 Å². The van der Waals surface area contributed by atoms with Crippen LogP contribution in [0.15, 0.2) is 206 Å². The number of aromatic nitrogens is 2. The molecule has 1 aliphatic rings. The van der Waals surface area contributed by atoms with Gasteiger partial charge in [-0.25, -0.2) is 9.97 Å². The number of rotatable bonds is 6. The summed E-state index contributed by atoms with van der Waals surface area (Å²) in [5.74, 6) is 0.710. The van der Waals surface area contributed by atoms with Gasteiger partial charge < -0.3 is 0 Å². The molecular formula is C54H34N2. The Morgan fingerprint density at radius 1 is 0.268 bits per heavy atom. The second-order valence-electron chi connectivity index (χ2n) is 14.5. The minimum atomic E-state index is 0.710. The molecule has 0 amide bonds. The van der Waals surface area contributed by atoms with Crippen LogP contribution in [0.4, 0.5) is 0 Å². The van der Waals surface area contributed by atoms with Gasteiger partial charge in [0, 0.05) is 16.7 Å². The minimum Gasteiger partial charge on any atom is -0.228 e. The van der Waals surface area contributed by atoms with Gasteiger partial charge >= 0.3 is 0 Å². The van der Waals surface area contributed by atoms with E-state index in [-0.39, 0.29) is 0 Å². The van der Waals surface area contributed by atoms with E-state index in [2.05, 4.69) is 182 Å². The molecule has 0 fully saturated rings. The van der Waals surface area contributed by atoms with E-state index < -0.39 is 0 Å². The van der Waals surface area contributed by atoms with Crippen molar-refractivity contribution in [2.75, 3.05) is 0 Å². The Kier molecular flexibility index (Phi) is 7.53. The maximum Gasteiger partial charge on any atom is 0.160 e. The van der Waals surface area contributed by atoms with Crippen LogP contribution in [0.25, 0.3) is 111 Å².